The van der Waals surface area contributed by atoms with Crippen molar-refractivity contribution in [3.8, 4) is 0 Å². The van der Waals surface area contributed by atoms with Crippen LogP contribution in [-0.4, -0.2) is 23.0 Å². The Hall–Kier alpha value is -1.62. The van der Waals surface area contributed by atoms with E-state index in [4.69, 9.17) is 16.7 Å². The van der Waals surface area contributed by atoms with E-state index in [0.29, 0.717) is 10.6 Å². The molecule has 0 bridgehead atoms. The summed E-state index contributed by atoms with van der Waals surface area (Å²) in [6, 6.07) is 3.73. The quantitative estimate of drug-likeness (QED) is 0.844. The fourth-order valence-electron chi connectivity index (χ4n) is 1.78. The molecule has 19 heavy (non-hydrogen) atoms. The third-order valence-electron chi connectivity index (χ3n) is 2.59. The normalized spacial score (nSPS) is 11.9. The van der Waals surface area contributed by atoms with Crippen molar-refractivity contribution in [1.29, 1.82) is 0 Å². The number of hydrogen-bond acceptors (Lipinski definition) is 2. The summed E-state index contributed by atoms with van der Waals surface area (Å²) in [5.74, 6) is -1.66. The maximum Gasteiger partial charge on any atom is 0.303 e. The molecule has 1 rings (SSSR count). The van der Waals surface area contributed by atoms with Crippen molar-refractivity contribution in [2.45, 2.75) is 32.2 Å². The highest BCUT2D eigenvalue weighted by atomic mass is 35.5. The second kappa shape index (κ2) is 7.09. The highest BCUT2D eigenvalue weighted by molar-refractivity contribution is 6.30. The van der Waals surface area contributed by atoms with E-state index in [9.17, 15) is 14.0 Å². The SMILES string of the molecule is CC(=O)NC(CCC(=O)O)Cc1cc(Cl)ccc1F. The molecule has 1 atom stereocenters. The Bertz CT molecular complexity index is 479. The predicted octanol–water partition coefficient (Wildman–Crippen LogP) is 2.39. The van der Waals surface area contributed by atoms with Gasteiger partial charge in [0.25, 0.3) is 0 Å². The van der Waals surface area contributed by atoms with Crippen LogP contribution in [0, 0.1) is 5.82 Å². The number of halogens is 2. The molecule has 0 heterocycles. The molecule has 0 aliphatic carbocycles. The van der Waals surface area contributed by atoms with Crippen molar-refractivity contribution >= 4 is 23.5 Å². The van der Waals surface area contributed by atoms with Gasteiger partial charge in [-0.1, -0.05) is 11.6 Å². The topological polar surface area (TPSA) is 66.4 Å². The predicted molar refractivity (Wildman–Crippen MR) is 69.6 cm³/mol. The highest BCUT2D eigenvalue weighted by Gasteiger charge is 2.15. The van der Waals surface area contributed by atoms with Crippen LogP contribution in [0.5, 0.6) is 0 Å². The zero-order valence-electron chi connectivity index (χ0n) is 10.5. The molecular weight excluding hydrogens is 273 g/mol. The molecule has 0 aliphatic heterocycles. The molecule has 0 saturated heterocycles. The Morgan fingerprint density at radius 3 is 2.74 bits per heavy atom. The van der Waals surface area contributed by atoms with E-state index in [2.05, 4.69) is 5.32 Å². The summed E-state index contributed by atoms with van der Waals surface area (Å²) in [6.45, 7) is 1.34. The standard InChI is InChI=1S/C13H15ClFNO3/c1-8(17)16-11(3-5-13(18)19)7-9-6-10(14)2-4-12(9)15/h2,4,6,11H,3,5,7H2,1H3,(H,16,17)(H,18,19). The molecule has 0 radical (unpaired) electrons. The zero-order chi connectivity index (χ0) is 14.4. The van der Waals surface area contributed by atoms with Crippen molar-refractivity contribution in [3.05, 3.63) is 34.6 Å². The van der Waals surface area contributed by atoms with Gasteiger partial charge in [0, 0.05) is 24.4 Å². The van der Waals surface area contributed by atoms with Crippen LogP contribution in [-0.2, 0) is 16.0 Å². The van der Waals surface area contributed by atoms with Gasteiger partial charge in [-0.25, -0.2) is 4.39 Å². The van der Waals surface area contributed by atoms with Gasteiger partial charge in [-0.3, -0.25) is 9.59 Å². The lowest BCUT2D eigenvalue weighted by Crippen LogP contribution is -2.35. The van der Waals surface area contributed by atoms with Gasteiger partial charge in [0.1, 0.15) is 5.82 Å². The van der Waals surface area contributed by atoms with Gasteiger partial charge in [-0.05, 0) is 36.6 Å². The average molecular weight is 288 g/mol. The number of carbonyl (C=O) groups excluding carboxylic acids is 1. The first-order valence-corrected chi connectivity index (χ1v) is 6.19. The number of benzene rings is 1. The molecule has 1 unspecified atom stereocenters. The van der Waals surface area contributed by atoms with E-state index in [-0.39, 0.29) is 25.2 Å². The summed E-state index contributed by atoms with van der Waals surface area (Å²) >= 11 is 5.79. The van der Waals surface area contributed by atoms with Crippen molar-refractivity contribution in [2.24, 2.45) is 0 Å². The first-order valence-electron chi connectivity index (χ1n) is 5.81. The second-order valence-electron chi connectivity index (χ2n) is 4.27. The van der Waals surface area contributed by atoms with Gasteiger partial charge in [-0.2, -0.15) is 0 Å². The van der Waals surface area contributed by atoms with Gasteiger partial charge in [-0.15, -0.1) is 0 Å². The molecule has 4 nitrogen and oxygen atoms in total. The van der Waals surface area contributed by atoms with Crippen LogP contribution < -0.4 is 5.32 Å². The van der Waals surface area contributed by atoms with E-state index in [1.165, 1.54) is 25.1 Å². The fourth-order valence-corrected chi connectivity index (χ4v) is 1.97. The maximum atomic E-state index is 13.6. The minimum absolute atomic E-state index is 0.0901. The van der Waals surface area contributed by atoms with Crippen molar-refractivity contribution in [1.82, 2.24) is 5.32 Å². The molecule has 0 aliphatic rings. The summed E-state index contributed by atoms with van der Waals surface area (Å²) in [7, 11) is 0. The van der Waals surface area contributed by atoms with Crippen LogP contribution >= 0.6 is 11.6 Å². The number of aliphatic carboxylic acids is 1. The monoisotopic (exact) mass is 287 g/mol. The minimum atomic E-state index is -0.957. The van der Waals surface area contributed by atoms with Gasteiger partial charge in [0.2, 0.25) is 5.91 Å². The van der Waals surface area contributed by atoms with E-state index in [1.807, 2.05) is 0 Å². The number of carboxylic acids is 1. The van der Waals surface area contributed by atoms with Crippen LogP contribution in [0.15, 0.2) is 18.2 Å². The van der Waals surface area contributed by atoms with E-state index < -0.39 is 17.8 Å². The Morgan fingerprint density at radius 2 is 2.16 bits per heavy atom. The summed E-state index contributed by atoms with van der Waals surface area (Å²) in [5.41, 5.74) is 0.358. The van der Waals surface area contributed by atoms with Crippen LogP contribution in [0.25, 0.3) is 0 Å². The molecule has 0 spiro atoms. The van der Waals surface area contributed by atoms with Crippen LogP contribution in [0.4, 0.5) is 4.39 Å². The van der Waals surface area contributed by atoms with E-state index in [1.54, 1.807) is 0 Å². The van der Waals surface area contributed by atoms with E-state index in [0.717, 1.165) is 0 Å². The first-order chi connectivity index (χ1) is 8.88. The summed E-state index contributed by atoms with van der Waals surface area (Å²) < 4.78 is 13.6. The van der Waals surface area contributed by atoms with Crippen LogP contribution in [0.3, 0.4) is 0 Å². The third kappa shape index (κ3) is 5.70. The number of carbonyl (C=O) groups is 2. The van der Waals surface area contributed by atoms with Gasteiger partial charge < -0.3 is 10.4 Å². The number of nitrogens with one attached hydrogen (secondary N) is 1. The summed E-state index contributed by atoms with van der Waals surface area (Å²) in [4.78, 5) is 21.6. The molecule has 0 aromatic heterocycles. The van der Waals surface area contributed by atoms with Crippen LogP contribution in [0.1, 0.15) is 25.3 Å². The summed E-state index contributed by atoms with van der Waals surface area (Å²) in [6.07, 6.45) is 0.354. The maximum absolute atomic E-state index is 13.6. The van der Waals surface area contributed by atoms with Crippen molar-refractivity contribution in [3.63, 3.8) is 0 Å². The minimum Gasteiger partial charge on any atom is -0.481 e. The molecule has 0 saturated carbocycles. The fraction of sp³-hybridized carbons (Fsp3) is 0.385. The average Bonchev–Trinajstić information content (AvgIpc) is 2.30. The second-order valence-corrected chi connectivity index (χ2v) is 4.71. The Kier molecular flexibility index (Phi) is 5.76. The number of hydrogen-bond donors (Lipinski definition) is 2. The van der Waals surface area contributed by atoms with Gasteiger partial charge in [0.05, 0.1) is 0 Å². The largest absolute Gasteiger partial charge is 0.481 e. The van der Waals surface area contributed by atoms with Gasteiger partial charge in [0.15, 0.2) is 0 Å². The number of carboxylic acid groups (broad SMARTS) is 1. The lowest BCUT2D eigenvalue weighted by molar-refractivity contribution is -0.137. The lowest BCUT2D eigenvalue weighted by atomic mass is 10.0. The smallest absolute Gasteiger partial charge is 0.303 e. The van der Waals surface area contributed by atoms with Crippen molar-refractivity contribution in [2.75, 3.05) is 0 Å². The number of rotatable bonds is 6. The molecule has 2 N–H and O–H groups in total. The Balaban J connectivity index is 2.77. The number of amides is 1. The molecule has 1 amide bonds. The molecule has 1 aromatic rings. The van der Waals surface area contributed by atoms with Crippen LogP contribution in [0.2, 0.25) is 5.02 Å². The molecule has 0 fully saturated rings. The highest BCUT2D eigenvalue weighted by Crippen LogP contribution is 2.17. The molecule has 6 heteroatoms. The Morgan fingerprint density at radius 1 is 1.47 bits per heavy atom. The summed E-state index contributed by atoms with van der Waals surface area (Å²) in [5, 5.41) is 11.7. The van der Waals surface area contributed by atoms with Crippen molar-refractivity contribution < 1.29 is 19.1 Å². The molecular formula is C13H15ClFNO3. The van der Waals surface area contributed by atoms with Gasteiger partial charge >= 0.3 is 5.97 Å². The molecule has 104 valence electrons. The zero-order valence-corrected chi connectivity index (χ0v) is 11.2. The molecule has 1 aromatic carbocycles. The van der Waals surface area contributed by atoms with E-state index >= 15 is 0 Å². The first kappa shape index (κ1) is 15.4. The Labute approximate surface area is 115 Å². The third-order valence-corrected chi connectivity index (χ3v) is 2.82. The lowest BCUT2D eigenvalue weighted by Gasteiger charge is -2.17.